The highest BCUT2D eigenvalue weighted by Crippen LogP contribution is 2.24. The van der Waals surface area contributed by atoms with E-state index < -0.39 is 17.7 Å². The number of hydrogen-bond donors (Lipinski definition) is 1. The molecule has 0 amide bonds. The van der Waals surface area contributed by atoms with Crippen LogP contribution in [-0.4, -0.2) is 14.9 Å². The van der Waals surface area contributed by atoms with Gasteiger partial charge in [-0.25, -0.2) is 8.78 Å². The van der Waals surface area contributed by atoms with Gasteiger partial charge in [0.05, 0.1) is 17.3 Å². The fourth-order valence-electron chi connectivity index (χ4n) is 2.51. The van der Waals surface area contributed by atoms with Gasteiger partial charge in [-0.2, -0.15) is 5.10 Å². The van der Waals surface area contributed by atoms with Crippen molar-refractivity contribution in [3.63, 3.8) is 0 Å². The second kappa shape index (κ2) is 5.26. The van der Waals surface area contributed by atoms with E-state index in [0.717, 1.165) is 29.1 Å². The second-order valence-electron chi connectivity index (χ2n) is 5.01. The highest BCUT2D eigenvalue weighted by Gasteiger charge is 2.16. The summed E-state index contributed by atoms with van der Waals surface area (Å²) in [7, 11) is 1.82. The predicted molar refractivity (Wildman–Crippen MR) is 75.7 cm³/mol. The van der Waals surface area contributed by atoms with Crippen molar-refractivity contribution >= 4 is 10.9 Å². The first-order valence-corrected chi connectivity index (χ1v) is 6.59. The van der Waals surface area contributed by atoms with E-state index in [2.05, 4.69) is 5.10 Å². The number of aliphatic hydroxyl groups excluding tert-OH is 1. The van der Waals surface area contributed by atoms with Gasteiger partial charge in [0.1, 0.15) is 11.6 Å². The van der Waals surface area contributed by atoms with Gasteiger partial charge >= 0.3 is 0 Å². The van der Waals surface area contributed by atoms with E-state index in [0.29, 0.717) is 5.69 Å². The van der Waals surface area contributed by atoms with Gasteiger partial charge in [-0.15, -0.1) is 0 Å². The van der Waals surface area contributed by atoms with Crippen molar-refractivity contribution < 1.29 is 13.9 Å². The number of aromatic nitrogens is 2. The molecule has 3 aromatic rings. The van der Waals surface area contributed by atoms with Crippen LogP contribution in [-0.2, 0) is 13.5 Å². The minimum absolute atomic E-state index is 0.199. The molecule has 0 aliphatic rings. The maximum Gasteiger partial charge on any atom is 0.126 e. The Morgan fingerprint density at radius 1 is 1.14 bits per heavy atom. The Kier molecular flexibility index (Phi) is 3.43. The molecule has 0 saturated heterocycles. The first-order chi connectivity index (χ1) is 10.0. The van der Waals surface area contributed by atoms with E-state index in [1.54, 1.807) is 4.68 Å². The minimum atomic E-state index is -1.01. The zero-order chi connectivity index (χ0) is 15.0. The number of aliphatic hydroxyl groups is 1. The molecule has 0 fully saturated rings. The Bertz CT molecular complexity index is 778. The Hall–Kier alpha value is -2.27. The molecule has 108 valence electrons. The molecule has 5 heteroatoms. The van der Waals surface area contributed by atoms with Gasteiger partial charge < -0.3 is 5.11 Å². The van der Waals surface area contributed by atoms with Gasteiger partial charge in [-0.3, -0.25) is 4.68 Å². The molecule has 0 saturated carbocycles. The van der Waals surface area contributed by atoms with Crippen molar-refractivity contribution in [2.45, 2.75) is 12.5 Å². The van der Waals surface area contributed by atoms with Crippen LogP contribution in [0.5, 0.6) is 0 Å². The van der Waals surface area contributed by atoms with Crippen LogP contribution in [0.15, 0.2) is 42.5 Å². The summed E-state index contributed by atoms with van der Waals surface area (Å²) < 4.78 is 28.2. The number of fused-ring (bicyclic) bond motifs is 1. The average Bonchev–Trinajstić information content (AvgIpc) is 2.75. The Morgan fingerprint density at radius 3 is 2.52 bits per heavy atom. The molecule has 1 aromatic heterocycles. The van der Waals surface area contributed by atoms with Gasteiger partial charge in [0.15, 0.2) is 0 Å². The lowest BCUT2D eigenvalue weighted by atomic mass is 10.0. The fourth-order valence-corrected chi connectivity index (χ4v) is 2.51. The fraction of sp³-hybridized carbons (Fsp3) is 0.188. The standard InChI is InChI=1S/C16H14F2N2O/c1-20-15-5-3-2-4-13(15)14(19-20)9-16(21)10-6-11(17)8-12(18)7-10/h2-8,16,21H,9H2,1H3. The first kappa shape index (κ1) is 13.7. The van der Waals surface area contributed by atoms with E-state index in [4.69, 9.17) is 0 Å². The molecule has 0 aliphatic heterocycles. The number of rotatable bonds is 3. The quantitative estimate of drug-likeness (QED) is 0.804. The number of benzene rings is 2. The summed E-state index contributed by atoms with van der Waals surface area (Å²) in [6, 6.07) is 10.7. The van der Waals surface area contributed by atoms with Crippen LogP contribution in [0.25, 0.3) is 10.9 Å². The summed E-state index contributed by atoms with van der Waals surface area (Å²) >= 11 is 0. The molecule has 2 aromatic carbocycles. The summed E-state index contributed by atoms with van der Waals surface area (Å²) in [6.07, 6.45) is -0.807. The molecule has 3 rings (SSSR count). The highest BCUT2D eigenvalue weighted by molar-refractivity contribution is 5.81. The Balaban J connectivity index is 1.94. The number of para-hydroxylation sites is 1. The highest BCUT2D eigenvalue weighted by atomic mass is 19.1. The smallest absolute Gasteiger partial charge is 0.126 e. The van der Waals surface area contributed by atoms with E-state index in [1.165, 1.54) is 0 Å². The van der Waals surface area contributed by atoms with Crippen molar-refractivity contribution in [1.29, 1.82) is 0 Å². The SMILES string of the molecule is Cn1nc(CC(O)c2cc(F)cc(F)c2)c2ccccc21. The normalized spacial score (nSPS) is 12.8. The van der Waals surface area contributed by atoms with Crippen LogP contribution in [0.4, 0.5) is 8.78 Å². The molecule has 0 spiro atoms. The average molecular weight is 288 g/mol. The summed E-state index contributed by atoms with van der Waals surface area (Å²) in [4.78, 5) is 0. The molecule has 1 heterocycles. The van der Waals surface area contributed by atoms with E-state index >= 15 is 0 Å². The Morgan fingerprint density at radius 2 is 1.81 bits per heavy atom. The first-order valence-electron chi connectivity index (χ1n) is 6.59. The van der Waals surface area contributed by atoms with Crippen LogP contribution in [0.3, 0.4) is 0 Å². The van der Waals surface area contributed by atoms with E-state index in [9.17, 15) is 13.9 Å². The van der Waals surface area contributed by atoms with Gasteiger partial charge in [0.2, 0.25) is 0 Å². The van der Waals surface area contributed by atoms with Crippen LogP contribution in [0.2, 0.25) is 0 Å². The van der Waals surface area contributed by atoms with Crippen LogP contribution < -0.4 is 0 Å². The van der Waals surface area contributed by atoms with Crippen LogP contribution >= 0.6 is 0 Å². The minimum Gasteiger partial charge on any atom is -0.388 e. The van der Waals surface area contributed by atoms with Crippen molar-refractivity contribution in [3.8, 4) is 0 Å². The third-order valence-electron chi connectivity index (χ3n) is 3.49. The summed E-state index contributed by atoms with van der Waals surface area (Å²) in [6.45, 7) is 0. The molecule has 21 heavy (non-hydrogen) atoms. The van der Waals surface area contributed by atoms with Crippen LogP contribution in [0.1, 0.15) is 17.4 Å². The topological polar surface area (TPSA) is 38.0 Å². The number of halogens is 2. The number of nitrogens with zero attached hydrogens (tertiary/aromatic N) is 2. The second-order valence-corrected chi connectivity index (χ2v) is 5.01. The van der Waals surface area contributed by atoms with Crippen LogP contribution in [0, 0.1) is 11.6 Å². The molecular weight excluding hydrogens is 274 g/mol. The molecule has 1 atom stereocenters. The summed E-state index contributed by atoms with van der Waals surface area (Å²) in [5.41, 5.74) is 1.86. The molecule has 0 bridgehead atoms. The monoisotopic (exact) mass is 288 g/mol. The van der Waals surface area contributed by atoms with Gasteiger partial charge in [-0.1, -0.05) is 18.2 Å². The zero-order valence-electron chi connectivity index (χ0n) is 11.4. The van der Waals surface area contributed by atoms with E-state index in [1.807, 2.05) is 31.3 Å². The lowest BCUT2D eigenvalue weighted by Crippen LogP contribution is -2.04. The maximum atomic E-state index is 13.2. The van der Waals surface area contributed by atoms with Gasteiger partial charge in [0.25, 0.3) is 0 Å². The molecule has 1 N–H and O–H groups in total. The van der Waals surface area contributed by atoms with Gasteiger partial charge in [-0.05, 0) is 23.8 Å². The maximum absolute atomic E-state index is 13.2. The molecule has 1 unspecified atom stereocenters. The number of aryl methyl sites for hydroxylation is 1. The van der Waals surface area contributed by atoms with Gasteiger partial charge in [0, 0.05) is 24.9 Å². The van der Waals surface area contributed by atoms with Crippen molar-refractivity contribution in [2.24, 2.45) is 7.05 Å². The zero-order valence-corrected chi connectivity index (χ0v) is 11.4. The summed E-state index contributed by atoms with van der Waals surface area (Å²) in [5.74, 6) is -1.40. The van der Waals surface area contributed by atoms with E-state index in [-0.39, 0.29) is 12.0 Å². The predicted octanol–water partition coefficient (Wildman–Crippen LogP) is 3.13. The van der Waals surface area contributed by atoms with Crippen molar-refractivity contribution in [1.82, 2.24) is 9.78 Å². The number of hydrogen-bond acceptors (Lipinski definition) is 2. The van der Waals surface area contributed by atoms with Crippen molar-refractivity contribution in [2.75, 3.05) is 0 Å². The lowest BCUT2D eigenvalue weighted by molar-refractivity contribution is 0.176. The third-order valence-corrected chi connectivity index (χ3v) is 3.49. The molecule has 0 aliphatic carbocycles. The lowest BCUT2D eigenvalue weighted by Gasteiger charge is -2.10. The Labute approximate surface area is 120 Å². The molecular formula is C16H14F2N2O. The molecule has 3 nitrogen and oxygen atoms in total. The molecule has 0 radical (unpaired) electrons. The third kappa shape index (κ3) is 2.64. The largest absolute Gasteiger partial charge is 0.388 e. The van der Waals surface area contributed by atoms with Crippen molar-refractivity contribution in [3.05, 3.63) is 65.4 Å². The summed E-state index contributed by atoms with van der Waals surface area (Å²) in [5, 5.41) is 15.5.